The third kappa shape index (κ3) is 1.94. The van der Waals surface area contributed by atoms with E-state index in [-0.39, 0.29) is 11.6 Å². The fourth-order valence-corrected chi connectivity index (χ4v) is 2.46. The van der Waals surface area contributed by atoms with E-state index in [1.807, 2.05) is 6.08 Å². The Morgan fingerprint density at radius 3 is 2.23 bits per heavy atom. The molecule has 1 rings (SSSR count). The van der Waals surface area contributed by atoms with Crippen LogP contribution in [-0.4, -0.2) is 30.6 Å². The van der Waals surface area contributed by atoms with Crippen LogP contribution in [0.15, 0.2) is 12.7 Å². The van der Waals surface area contributed by atoms with Crippen molar-refractivity contribution in [2.24, 2.45) is 5.73 Å². The van der Waals surface area contributed by atoms with Gasteiger partial charge in [-0.2, -0.15) is 0 Å². The van der Waals surface area contributed by atoms with Crippen molar-refractivity contribution in [1.82, 2.24) is 4.90 Å². The first-order chi connectivity index (χ1) is 6.13. The summed E-state index contributed by atoms with van der Waals surface area (Å²) in [6, 6.07) is 0.114. The van der Waals surface area contributed by atoms with E-state index in [1.165, 1.54) is 32.1 Å². The summed E-state index contributed by atoms with van der Waals surface area (Å²) in [5.41, 5.74) is 6.30. The van der Waals surface area contributed by atoms with Crippen molar-refractivity contribution in [3.63, 3.8) is 0 Å². The Hall–Kier alpha value is -0.340. The van der Waals surface area contributed by atoms with Gasteiger partial charge in [-0.25, -0.2) is 0 Å². The van der Waals surface area contributed by atoms with Gasteiger partial charge in [-0.3, -0.25) is 0 Å². The average molecular weight is 182 g/mol. The van der Waals surface area contributed by atoms with Gasteiger partial charge in [0.2, 0.25) is 0 Å². The lowest BCUT2D eigenvalue weighted by Gasteiger charge is -2.46. The first kappa shape index (κ1) is 10.7. The molecule has 1 fully saturated rings. The van der Waals surface area contributed by atoms with Gasteiger partial charge in [0.1, 0.15) is 0 Å². The van der Waals surface area contributed by atoms with Crippen molar-refractivity contribution in [2.45, 2.75) is 43.7 Å². The topological polar surface area (TPSA) is 29.3 Å². The average Bonchev–Trinajstić information content (AvgIpc) is 2.17. The molecule has 0 saturated heterocycles. The molecule has 0 radical (unpaired) electrons. The molecular weight excluding hydrogens is 160 g/mol. The molecule has 1 saturated carbocycles. The van der Waals surface area contributed by atoms with Crippen LogP contribution in [0.2, 0.25) is 0 Å². The van der Waals surface area contributed by atoms with Gasteiger partial charge >= 0.3 is 0 Å². The number of hydrogen-bond donors (Lipinski definition) is 1. The van der Waals surface area contributed by atoms with E-state index >= 15 is 0 Å². The van der Waals surface area contributed by atoms with Crippen molar-refractivity contribution in [1.29, 1.82) is 0 Å². The highest BCUT2D eigenvalue weighted by molar-refractivity contribution is 5.06. The van der Waals surface area contributed by atoms with Crippen LogP contribution in [0.25, 0.3) is 0 Å². The summed E-state index contributed by atoms with van der Waals surface area (Å²) in [4.78, 5) is 2.29. The number of likely N-dealkylation sites (N-methyl/N-ethyl adjacent to an activating group) is 1. The minimum absolute atomic E-state index is 0.114. The van der Waals surface area contributed by atoms with E-state index in [0.717, 1.165) is 0 Å². The summed E-state index contributed by atoms with van der Waals surface area (Å²) < 4.78 is 0. The molecule has 0 bridgehead atoms. The lowest BCUT2D eigenvalue weighted by atomic mass is 9.75. The Balaban J connectivity index is 2.78. The van der Waals surface area contributed by atoms with E-state index in [2.05, 4.69) is 25.6 Å². The van der Waals surface area contributed by atoms with Gasteiger partial charge in [0, 0.05) is 11.6 Å². The first-order valence-electron chi connectivity index (χ1n) is 5.19. The summed E-state index contributed by atoms with van der Waals surface area (Å²) in [5.74, 6) is 0. The number of hydrogen-bond acceptors (Lipinski definition) is 2. The van der Waals surface area contributed by atoms with E-state index < -0.39 is 0 Å². The molecule has 0 aromatic carbocycles. The molecule has 13 heavy (non-hydrogen) atoms. The van der Waals surface area contributed by atoms with E-state index in [4.69, 9.17) is 5.73 Å². The standard InChI is InChI=1S/C11H22N2/c1-4-10(12)11(13(2)3)8-6-5-7-9-11/h4,10H,1,5-9,12H2,2-3H3. The lowest BCUT2D eigenvalue weighted by Crippen LogP contribution is -2.57. The number of nitrogens with zero attached hydrogens (tertiary/aromatic N) is 1. The molecule has 0 aromatic rings. The number of rotatable bonds is 3. The molecule has 0 amide bonds. The maximum atomic E-state index is 6.12. The van der Waals surface area contributed by atoms with Crippen LogP contribution in [0, 0.1) is 0 Å². The SMILES string of the molecule is C=CC(N)C1(N(C)C)CCCCC1. The van der Waals surface area contributed by atoms with Crippen molar-refractivity contribution in [3.05, 3.63) is 12.7 Å². The Morgan fingerprint density at radius 2 is 1.85 bits per heavy atom. The van der Waals surface area contributed by atoms with Crippen molar-refractivity contribution in [3.8, 4) is 0 Å². The molecule has 0 spiro atoms. The van der Waals surface area contributed by atoms with Gasteiger partial charge in [-0.15, -0.1) is 6.58 Å². The zero-order valence-corrected chi connectivity index (χ0v) is 8.92. The Bertz CT molecular complexity index is 169. The smallest absolute Gasteiger partial charge is 0.0408 e. The van der Waals surface area contributed by atoms with Crippen LogP contribution in [0.4, 0.5) is 0 Å². The van der Waals surface area contributed by atoms with Crippen LogP contribution in [-0.2, 0) is 0 Å². The zero-order valence-electron chi connectivity index (χ0n) is 8.92. The lowest BCUT2D eigenvalue weighted by molar-refractivity contribution is 0.0867. The van der Waals surface area contributed by atoms with Crippen LogP contribution < -0.4 is 5.73 Å². The summed E-state index contributed by atoms with van der Waals surface area (Å²) in [6.45, 7) is 3.81. The minimum Gasteiger partial charge on any atom is -0.323 e. The predicted octanol–water partition coefficient (Wildman–Crippen LogP) is 1.76. The Morgan fingerprint density at radius 1 is 1.31 bits per heavy atom. The van der Waals surface area contributed by atoms with Crippen LogP contribution in [0.5, 0.6) is 0 Å². The quantitative estimate of drug-likeness (QED) is 0.674. The van der Waals surface area contributed by atoms with Gasteiger partial charge in [-0.05, 0) is 26.9 Å². The molecule has 1 aliphatic carbocycles. The highest BCUT2D eigenvalue weighted by Gasteiger charge is 2.38. The third-order valence-corrected chi connectivity index (χ3v) is 3.48. The van der Waals surface area contributed by atoms with Gasteiger partial charge in [0.05, 0.1) is 0 Å². The van der Waals surface area contributed by atoms with E-state index in [1.54, 1.807) is 0 Å². The van der Waals surface area contributed by atoms with Crippen LogP contribution >= 0.6 is 0 Å². The molecule has 1 aliphatic rings. The summed E-state index contributed by atoms with van der Waals surface area (Å²) in [7, 11) is 4.27. The molecule has 76 valence electrons. The van der Waals surface area contributed by atoms with Crippen molar-refractivity contribution in [2.75, 3.05) is 14.1 Å². The second-order valence-electron chi connectivity index (χ2n) is 4.32. The van der Waals surface area contributed by atoms with Gasteiger partial charge in [0.15, 0.2) is 0 Å². The van der Waals surface area contributed by atoms with Crippen LogP contribution in [0.3, 0.4) is 0 Å². The van der Waals surface area contributed by atoms with Crippen molar-refractivity contribution >= 4 is 0 Å². The van der Waals surface area contributed by atoms with E-state index in [9.17, 15) is 0 Å². The fourth-order valence-electron chi connectivity index (χ4n) is 2.46. The second kappa shape index (κ2) is 4.25. The molecule has 1 unspecified atom stereocenters. The summed E-state index contributed by atoms with van der Waals surface area (Å²) in [6.07, 6.45) is 8.30. The molecule has 0 heterocycles. The molecule has 2 nitrogen and oxygen atoms in total. The fraction of sp³-hybridized carbons (Fsp3) is 0.818. The second-order valence-corrected chi connectivity index (χ2v) is 4.32. The highest BCUT2D eigenvalue weighted by atomic mass is 15.2. The molecule has 0 aromatic heterocycles. The Kier molecular flexibility index (Phi) is 3.51. The maximum Gasteiger partial charge on any atom is 0.0408 e. The molecular formula is C11H22N2. The van der Waals surface area contributed by atoms with Gasteiger partial charge in [-0.1, -0.05) is 25.3 Å². The number of nitrogens with two attached hydrogens (primary N) is 1. The molecule has 2 N–H and O–H groups in total. The summed E-state index contributed by atoms with van der Waals surface area (Å²) >= 11 is 0. The Labute approximate surface area is 81.8 Å². The molecule has 1 atom stereocenters. The summed E-state index contributed by atoms with van der Waals surface area (Å²) in [5, 5.41) is 0. The molecule has 2 heteroatoms. The van der Waals surface area contributed by atoms with Crippen molar-refractivity contribution < 1.29 is 0 Å². The molecule has 0 aliphatic heterocycles. The van der Waals surface area contributed by atoms with E-state index in [0.29, 0.717) is 0 Å². The third-order valence-electron chi connectivity index (χ3n) is 3.48. The normalized spacial score (nSPS) is 24.3. The maximum absolute atomic E-state index is 6.12. The highest BCUT2D eigenvalue weighted by Crippen LogP contribution is 2.34. The van der Waals surface area contributed by atoms with Gasteiger partial charge < -0.3 is 10.6 Å². The first-order valence-corrected chi connectivity index (χ1v) is 5.19. The van der Waals surface area contributed by atoms with Gasteiger partial charge in [0.25, 0.3) is 0 Å². The minimum atomic E-state index is 0.114. The predicted molar refractivity (Wildman–Crippen MR) is 57.7 cm³/mol. The zero-order chi connectivity index (χ0) is 9.90. The van der Waals surface area contributed by atoms with Crippen LogP contribution in [0.1, 0.15) is 32.1 Å². The largest absolute Gasteiger partial charge is 0.323 e. The monoisotopic (exact) mass is 182 g/mol.